The molecule has 3 heteroatoms. The molecular formula is C19H17NO2. The number of carbonyl (C=O) groups is 1. The summed E-state index contributed by atoms with van der Waals surface area (Å²) in [6.07, 6.45) is 2.31. The van der Waals surface area contributed by atoms with Gasteiger partial charge in [-0.2, -0.15) is 0 Å². The predicted octanol–water partition coefficient (Wildman–Crippen LogP) is 3.16. The van der Waals surface area contributed by atoms with Crippen molar-refractivity contribution in [1.29, 1.82) is 0 Å². The van der Waals surface area contributed by atoms with Gasteiger partial charge in [-0.3, -0.25) is 4.79 Å². The van der Waals surface area contributed by atoms with Gasteiger partial charge in [0, 0.05) is 24.8 Å². The first-order chi connectivity index (χ1) is 10.8. The van der Waals surface area contributed by atoms with E-state index in [1.165, 1.54) is 11.1 Å². The molecule has 3 nitrogen and oxygen atoms in total. The van der Waals surface area contributed by atoms with Crippen LogP contribution in [0.2, 0.25) is 0 Å². The minimum absolute atomic E-state index is 0.0754. The molecule has 2 aliphatic heterocycles. The maximum Gasteiger partial charge on any atom is 0.225 e. The van der Waals surface area contributed by atoms with Crippen LogP contribution in [0, 0.1) is 0 Å². The van der Waals surface area contributed by atoms with Crippen molar-refractivity contribution >= 4 is 5.91 Å². The molecule has 3 atom stereocenters. The third kappa shape index (κ3) is 1.42. The summed E-state index contributed by atoms with van der Waals surface area (Å²) in [6.45, 7) is 0. The molecule has 2 saturated heterocycles. The lowest BCUT2D eigenvalue weighted by Crippen LogP contribution is -2.40. The van der Waals surface area contributed by atoms with E-state index in [-0.39, 0.29) is 18.1 Å². The Morgan fingerprint density at radius 1 is 1.05 bits per heavy atom. The fourth-order valence-electron chi connectivity index (χ4n) is 4.46. The Morgan fingerprint density at radius 3 is 2.68 bits per heavy atom. The van der Waals surface area contributed by atoms with Gasteiger partial charge in [-0.25, -0.2) is 0 Å². The van der Waals surface area contributed by atoms with Crippen LogP contribution in [0.25, 0.3) is 0 Å². The summed E-state index contributed by atoms with van der Waals surface area (Å²) in [7, 11) is 0. The number of amides is 1. The molecule has 2 aromatic rings. The van der Waals surface area contributed by atoms with Crippen molar-refractivity contribution in [2.45, 2.75) is 37.1 Å². The fraction of sp³-hybridized carbons (Fsp3) is 0.316. The highest BCUT2D eigenvalue weighted by molar-refractivity contribution is 5.81. The van der Waals surface area contributed by atoms with E-state index in [9.17, 15) is 4.79 Å². The quantitative estimate of drug-likeness (QED) is 0.807. The van der Waals surface area contributed by atoms with Crippen LogP contribution in [0.15, 0.2) is 54.6 Å². The van der Waals surface area contributed by atoms with E-state index in [0.717, 1.165) is 18.4 Å². The summed E-state index contributed by atoms with van der Waals surface area (Å²) < 4.78 is 6.54. The maximum atomic E-state index is 12.6. The fourth-order valence-corrected chi connectivity index (χ4v) is 4.46. The Balaban J connectivity index is 1.67. The second-order valence-electron chi connectivity index (χ2n) is 6.42. The maximum absolute atomic E-state index is 12.6. The third-order valence-electron chi connectivity index (χ3n) is 5.33. The van der Waals surface area contributed by atoms with Gasteiger partial charge in [-0.05, 0) is 11.1 Å². The molecule has 2 fully saturated rings. The highest BCUT2D eigenvalue weighted by Crippen LogP contribution is 2.56. The Hall–Kier alpha value is -2.13. The topological polar surface area (TPSA) is 29.5 Å². The Morgan fingerprint density at radius 2 is 1.82 bits per heavy atom. The summed E-state index contributed by atoms with van der Waals surface area (Å²) in [6, 6.07) is 18.7. The Labute approximate surface area is 129 Å². The molecule has 0 spiro atoms. The van der Waals surface area contributed by atoms with Gasteiger partial charge in [0.1, 0.15) is 0 Å². The van der Waals surface area contributed by atoms with Crippen molar-refractivity contribution in [3.05, 3.63) is 71.3 Å². The number of hydrogen-bond acceptors (Lipinski definition) is 2. The minimum Gasteiger partial charge on any atom is -0.345 e. The molecule has 2 heterocycles. The van der Waals surface area contributed by atoms with Gasteiger partial charge in [-0.15, -0.1) is 0 Å². The van der Waals surface area contributed by atoms with Crippen molar-refractivity contribution in [3.8, 4) is 0 Å². The molecule has 22 heavy (non-hydrogen) atoms. The number of hydrogen-bond donors (Lipinski definition) is 0. The monoisotopic (exact) mass is 291 g/mol. The largest absolute Gasteiger partial charge is 0.345 e. The van der Waals surface area contributed by atoms with E-state index in [1.54, 1.807) is 0 Å². The molecule has 0 saturated carbocycles. The molecule has 0 unspecified atom stereocenters. The summed E-state index contributed by atoms with van der Waals surface area (Å²) in [4.78, 5) is 14.7. The van der Waals surface area contributed by atoms with Crippen molar-refractivity contribution in [2.24, 2.45) is 0 Å². The normalized spacial score (nSPS) is 32.0. The third-order valence-corrected chi connectivity index (χ3v) is 5.33. The molecule has 0 aromatic heterocycles. The van der Waals surface area contributed by atoms with E-state index >= 15 is 0 Å². The standard InChI is InChI=1S/C19H17NO2/c21-17-10-11-19(14-7-2-1-3-8-14)20(17)18-15-9-5-4-6-13(15)12-16(18)22-19/h1-9,16,18H,10-12H2/t16-,18-,19-/m0/s1. The van der Waals surface area contributed by atoms with Crippen LogP contribution in [0.5, 0.6) is 0 Å². The highest BCUT2D eigenvalue weighted by Gasteiger charge is 2.61. The SMILES string of the molecule is O=C1CC[C@@]2(c3ccccc3)O[C@H]3Cc4ccccc4[C@@H]3N12. The van der Waals surface area contributed by atoms with Gasteiger partial charge in [0.05, 0.1) is 12.1 Å². The van der Waals surface area contributed by atoms with Gasteiger partial charge < -0.3 is 9.64 Å². The number of benzene rings is 2. The van der Waals surface area contributed by atoms with Gasteiger partial charge in [0.2, 0.25) is 5.91 Å². The molecule has 5 rings (SSSR count). The molecule has 0 bridgehead atoms. The molecule has 2 aromatic carbocycles. The summed E-state index contributed by atoms with van der Waals surface area (Å²) >= 11 is 0. The van der Waals surface area contributed by atoms with Crippen molar-refractivity contribution in [2.75, 3.05) is 0 Å². The van der Waals surface area contributed by atoms with Crippen LogP contribution in [-0.4, -0.2) is 16.9 Å². The first-order valence-electron chi connectivity index (χ1n) is 7.93. The van der Waals surface area contributed by atoms with Crippen LogP contribution < -0.4 is 0 Å². The van der Waals surface area contributed by atoms with Gasteiger partial charge in [0.25, 0.3) is 0 Å². The van der Waals surface area contributed by atoms with E-state index in [0.29, 0.717) is 6.42 Å². The van der Waals surface area contributed by atoms with E-state index in [4.69, 9.17) is 4.74 Å². The van der Waals surface area contributed by atoms with Crippen LogP contribution in [-0.2, 0) is 21.7 Å². The zero-order valence-corrected chi connectivity index (χ0v) is 12.2. The van der Waals surface area contributed by atoms with Gasteiger partial charge in [-0.1, -0.05) is 54.6 Å². The minimum atomic E-state index is -0.554. The molecule has 3 aliphatic rings. The molecule has 110 valence electrons. The zero-order valence-electron chi connectivity index (χ0n) is 12.2. The van der Waals surface area contributed by atoms with E-state index in [2.05, 4.69) is 36.4 Å². The molecular weight excluding hydrogens is 274 g/mol. The number of carbonyl (C=O) groups excluding carboxylic acids is 1. The van der Waals surface area contributed by atoms with Crippen LogP contribution in [0.1, 0.15) is 35.6 Å². The molecule has 0 N–H and O–H groups in total. The van der Waals surface area contributed by atoms with Gasteiger partial charge in [0.15, 0.2) is 5.72 Å². The molecule has 0 radical (unpaired) electrons. The molecule has 1 aliphatic carbocycles. The number of nitrogens with zero attached hydrogens (tertiary/aromatic N) is 1. The van der Waals surface area contributed by atoms with Crippen molar-refractivity contribution < 1.29 is 9.53 Å². The Kier molecular flexibility index (Phi) is 2.37. The van der Waals surface area contributed by atoms with E-state index in [1.807, 2.05) is 23.1 Å². The van der Waals surface area contributed by atoms with Crippen molar-refractivity contribution in [1.82, 2.24) is 4.90 Å². The summed E-state index contributed by atoms with van der Waals surface area (Å²) in [5.74, 6) is 0.216. The number of ether oxygens (including phenoxy) is 1. The first-order valence-corrected chi connectivity index (χ1v) is 7.93. The lowest BCUT2D eigenvalue weighted by Gasteiger charge is -2.34. The van der Waals surface area contributed by atoms with E-state index < -0.39 is 5.72 Å². The number of fused-ring (bicyclic) bond motifs is 5. The lowest BCUT2D eigenvalue weighted by atomic mass is 9.99. The average Bonchev–Trinajstić information content (AvgIpc) is 3.16. The summed E-state index contributed by atoms with van der Waals surface area (Å²) in [5, 5.41) is 0. The second kappa shape index (κ2) is 4.20. The summed E-state index contributed by atoms with van der Waals surface area (Å²) in [5.41, 5.74) is 3.13. The molecule has 1 amide bonds. The van der Waals surface area contributed by atoms with Crippen LogP contribution in [0.4, 0.5) is 0 Å². The smallest absolute Gasteiger partial charge is 0.225 e. The Bertz CT molecular complexity index is 757. The van der Waals surface area contributed by atoms with Gasteiger partial charge >= 0.3 is 0 Å². The predicted molar refractivity (Wildman–Crippen MR) is 82.0 cm³/mol. The zero-order chi connectivity index (χ0) is 14.7. The average molecular weight is 291 g/mol. The van der Waals surface area contributed by atoms with Crippen LogP contribution >= 0.6 is 0 Å². The second-order valence-corrected chi connectivity index (χ2v) is 6.42. The highest BCUT2D eigenvalue weighted by atomic mass is 16.5. The van der Waals surface area contributed by atoms with Crippen LogP contribution in [0.3, 0.4) is 0 Å². The number of rotatable bonds is 1. The first kappa shape index (κ1) is 12.4. The lowest BCUT2D eigenvalue weighted by molar-refractivity contribution is -0.141. The van der Waals surface area contributed by atoms with Crippen molar-refractivity contribution in [3.63, 3.8) is 0 Å².